The lowest BCUT2D eigenvalue weighted by Gasteiger charge is -2.28. The van der Waals surface area contributed by atoms with Crippen molar-refractivity contribution in [1.82, 2.24) is 39.0 Å². The van der Waals surface area contributed by atoms with E-state index in [1.165, 1.54) is 28.1 Å². The van der Waals surface area contributed by atoms with Crippen LogP contribution >= 0.6 is 19.0 Å². The predicted octanol–water partition coefficient (Wildman–Crippen LogP) is 1.73. The molecule has 2 fully saturated rings. The van der Waals surface area contributed by atoms with Crippen LogP contribution in [0.3, 0.4) is 0 Å². The number of aliphatic hydroxyl groups is 1. The van der Waals surface area contributed by atoms with Gasteiger partial charge in [0.1, 0.15) is 17.9 Å². The van der Waals surface area contributed by atoms with Gasteiger partial charge in [-0.2, -0.15) is 4.98 Å². The summed E-state index contributed by atoms with van der Waals surface area (Å²) in [5.41, 5.74) is 11.6. The van der Waals surface area contributed by atoms with E-state index in [0.29, 0.717) is 24.0 Å². The average molecular weight is 611 g/mol. The number of anilines is 2. The Hall–Kier alpha value is -3.15. The largest absolute Gasteiger partial charge is 0.386 e. The highest BCUT2D eigenvalue weighted by Crippen LogP contribution is 2.57. The minimum atomic E-state index is -4.11. The fraction of sp³-hybridized carbons (Fsp3) is 0.545. The molecule has 0 saturated carbocycles. The number of rotatable bonds is 3. The highest BCUT2D eigenvalue weighted by atomic mass is 32.7. The number of hydrogen-bond donors (Lipinski definition) is 5. The van der Waals surface area contributed by atoms with Crippen LogP contribution in [0.2, 0.25) is 0 Å². The molecular weight excluding hydrogens is 582 g/mol. The van der Waals surface area contributed by atoms with E-state index in [2.05, 4.69) is 42.2 Å². The summed E-state index contributed by atoms with van der Waals surface area (Å²) in [6.45, 7) is -2.49. The molecule has 8 atom stereocenters. The van der Waals surface area contributed by atoms with Crippen LogP contribution in [0.4, 0.5) is 16.2 Å². The number of fused-ring (bicyclic) bond motifs is 3. The summed E-state index contributed by atoms with van der Waals surface area (Å²) < 4.78 is 49.4. The van der Waals surface area contributed by atoms with Gasteiger partial charge in [-0.05, 0) is 18.8 Å². The number of nitrogen functional groups attached to an aromatic ring is 2. The van der Waals surface area contributed by atoms with Crippen LogP contribution in [-0.2, 0) is 18.3 Å². The average Bonchev–Trinajstić information content (AvgIpc) is 3.61. The molecule has 16 nitrogen and oxygen atoms in total. The summed E-state index contributed by atoms with van der Waals surface area (Å²) >= 11 is 4.12. The molecule has 0 aliphatic carbocycles. The number of imidazole rings is 2. The molecule has 0 spiro atoms. The number of H-pyrrole nitrogens is 1. The van der Waals surface area contributed by atoms with Gasteiger partial charge in [-0.3, -0.25) is 28.0 Å². The van der Waals surface area contributed by atoms with Gasteiger partial charge < -0.3 is 21.3 Å². The first-order valence-corrected chi connectivity index (χ1v) is 15.5. The molecule has 0 bridgehead atoms. The first-order valence-electron chi connectivity index (χ1n) is 12.8. The Balaban J connectivity index is 1.25. The van der Waals surface area contributed by atoms with Crippen molar-refractivity contribution in [2.24, 2.45) is 11.8 Å². The highest BCUT2D eigenvalue weighted by molar-refractivity contribution is 8.44. The van der Waals surface area contributed by atoms with Crippen molar-refractivity contribution in [3.8, 4) is 0 Å². The maximum absolute atomic E-state index is 16.0. The van der Waals surface area contributed by atoms with E-state index in [1.54, 1.807) is 0 Å². The summed E-state index contributed by atoms with van der Waals surface area (Å²) in [5.74, 6) is -0.757. The zero-order valence-corrected chi connectivity index (χ0v) is 23.4. The van der Waals surface area contributed by atoms with Gasteiger partial charge in [-0.15, -0.1) is 0 Å². The van der Waals surface area contributed by atoms with Crippen molar-refractivity contribution >= 4 is 53.1 Å². The molecule has 19 heteroatoms. The fourth-order valence-corrected chi connectivity index (χ4v) is 6.95. The van der Waals surface area contributed by atoms with Gasteiger partial charge in [-0.25, -0.2) is 28.9 Å². The molecule has 2 saturated heterocycles. The summed E-state index contributed by atoms with van der Waals surface area (Å²) in [5, 5.41) is 11.2. The molecule has 0 aromatic carbocycles. The Kier molecular flexibility index (Phi) is 7.24. The van der Waals surface area contributed by atoms with Crippen molar-refractivity contribution in [3.05, 3.63) is 29.3 Å². The number of nitrogens with zero attached hydrogens (tertiary/aromatic N) is 7. The van der Waals surface area contributed by atoms with Crippen molar-refractivity contribution in [1.29, 1.82) is 0 Å². The maximum atomic E-state index is 16.0. The Morgan fingerprint density at radius 1 is 1.20 bits per heavy atom. The van der Waals surface area contributed by atoms with Crippen molar-refractivity contribution < 1.29 is 27.8 Å². The van der Waals surface area contributed by atoms with Gasteiger partial charge >= 0.3 is 6.80 Å². The molecule has 6 heterocycles. The molecule has 41 heavy (non-hydrogen) atoms. The van der Waals surface area contributed by atoms with Crippen LogP contribution in [0.15, 0.2) is 23.8 Å². The number of halogens is 1. The van der Waals surface area contributed by atoms with Crippen LogP contribution < -0.4 is 17.0 Å². The smallest absolute Gasteiger partial charge is 0.382 e. The van der Waals surface area contributed by atoms with E-state index in [4.69, 9.17) is 25.3 Å². The number of alkyl halides is 1. The lowest BCUT2D eigenvalue weighted by atomic mass is 9.88. The zero-order valence-electron chi connectivity index (χ0n) is 21.6. The lowest BCUT2D eigenvalue weighted by molar-refractivity contribution is -0.0439. The van der Waals surface area contributed by atoms with Gasteiger partial charge in [0.2, 0.25) is 5.95 Å². The van der Waals surface area contributed by atoms with E-state index in [9.17, 15) is 14.5 Å². The molecular formula is C22H28FN10O6PS. The second-order valence-electron chi connectivity index (χ2n) is 10.3. The SMILES string of the molecule is CC1CCC2C(COP(=O)(S)O[C@H](C(O)n3cnc4c(=O)[nH]c(N)nc43)C1)OC(n1cnc3c(N)ncnc31)C2F. The first kappa shape index (κ1) is 28.0. The van der Waals surface area contributed by atoms with E-state index in [-0.39, 0.29) is 41.9 Å². The summed E-state index contributed by atoms with van der Waals surface area (Å²) in [4.78, 5) is 34.9. The van der Waals surface area contributed by atoms with E-state index in [1.807, 2.05) is 6.92 Å². The molecule has 0 amide bonds. The minimum absolute atomic E-state index is 0.0209. The van der Waals surface area contributed by atoms with E-state index < -0.39 is 49.1 Å². The number of hydrogen-bond acceptors (Lipinski definition) is 13. The number of ether oxygens (including phenoxy) is 1. The van der Waals surface area contributed by atoms with Gasteiger partial charge in [0.05, 0.1) is 25.4 Å². The van der Waals surface area contributed by atoms with Crippen LogP contribution in [0, 0.1) is 11.8 Å². The van der Waals surface area contributed by atoms with Crippen LogP contribution in [0.1, 0.15) is 38.6 Å². The molecule has 2 aliphatic rings. The molecule has 0 radical (unpaired) electrons. The number of nitrogens with one attached hydrogen (secondary N) is 1. The van der Waals surface area contributed by atoms with Gasteiger partial charge in [0.15, 0.2) is 41.3 Å². The summed E-state index contributed by atoms with van der Waals surface area (Å²) in [6, 6.07) is 0. The van der Waals surface area contributed by atoms with E-state index in [0.717, 1.165) is 0 Å². The number of nitrogens with two attached hydrogens (primary N) is 2. The lowest BCUT2D eigenvalue weighted by Crippen LogP contribution is -2.28. The van der Waals surface area contributed by atoms with Crippen LogP contribution in [0.5, 0.6) is 0 Å². The second kappa shape index (κ2) is 10.6. The second-order valence-corrected chi connectivity index (χ2v) is 13.1. The van der Waals surface area contributed by atoms with Crippen LogP contribution in [0.25, 0.3) is 22.3 Å². The van der Waals surface area contributed by atoms with Crippen LogP contribution in [-0.4, -0.2) is 69.1 Å². The standard InChI is InChI=1S/C22H28FN10O6PS/c1-9-2-3-10-12(38-21(13(10)23)33-8-28-14-16(24)26-6-27-17(14)33)5-37-40(36,41)39-11(4-9)20(35)32-7-29-15-18(32)30-22(25)31-19(15)34/h6-13,20-21,35H,2-5H2,1H3,(H,36,41)(H2,24,26,27)(H3,25,30,31,34)/t9?,10?,11-,12?,13?,20?,21?,40?/m0/s1. The Bertz CT molecular complexity index is 1700. The van der Waals surface area contributed by atoms with Gasteiger partial charge in [0, 0.05) is 5.92 Å². The van der Waals surface area contributed by atoms with Gasteiger partial charge in [0.25, 0.3) is 5.56 Å². The van der Waals surface area contributed by atoms with Crippen molar-refractivity contribution in [2.75, 3.05) is 18.1 Å². The number of aromatic amines is 1. The molecule has 4 aromatic heterocycles. The number of aliphatic hydroxyl groups excluding tert-OH is 1. The Labute approximate surface area is 236 Å². The fourth-order valence-electron chi connectivity index (χ4n) is 5.45. The normalized spacial score (nSPS) is 32.1. The maximum Gasteiger partial charge on any atom is 0.386 e. The Morgan fingerprint density at radius 3 is 2.78 bits per heavy atom. The molecule has 6 rings (SSSR count). The molecule has 2 aliphatic heterocycles. The molecule has 7 unspecified atom stereocenters. The third kappa shape index (κ3) is 5.19. The topological polar surface area (TPSA) is 224 Å². The number of thiol groups is 1. The predicted molar refractivity (Wildman–Crippen MR) is 146 cm³/mol. The third-order valence-corrected chi connectivity index (χ3v) is 9.14. The van der Waals surface area contributed by atoms with Crippen molar-refractivity contribution in [3.63, 3.8) is 0 Å². The molecule has 6 N–H and O–H groups in total. The first-order chi connectivity index (χ1) is 19.5. The zero-order chi connectivity index (χ0) is 29.1. The highest BCUT2D eigenvalue weighted by Gasteiger charge is 2.48. The van der Waals surface area contributed by atoms with E-state index >= 15 is 4.39 Å². The quantitative estimate of drug-likeness (QED) is 0.165. The summed E-state index contributed by atoms with van der Waals surface area (Å²) in [7, 11) is 0. The van der Waals surface area contributed by atoms with Gasteiger partial charge in [-0.1, -0.05) is 25.6 Å². The third-order valence-electron chi connectivity index (χ3n) is 7.50. The Morgan fingerprint density at radius 2 is 1.98 bits per heavy atom. The number of aromatic nitrogens is 8. The molecule has 220 valence electrons. The summed E-state index contributed by atoms with van der Waals surface area (Å²) in [6.07, 6.45) is -0.930. The van der Waals surface area contributed by atoms with Crippen molar-refractivity contribution in [2.45, 2.75) is 57.0 Å². The molecule has 4 aromatic rings. The monoisotopic (exact) mass is 610 g/mol. The minimum Gasteiger partial charge on any atom is -0.382 e.